The van der Waals surface area contributed by atoms with Crippen molar-refractivity contribution in [2.24, 2.45) is 0 Å². The fourth-order valence-corrected chi connectivity index (χ4v) is 0.852. The first-order chi connectivity index (χ1) is 6.31. The molecule has 1 aromatic rings. The second-order valence-corrected chi connectivity index (χ2v) is 2.26. The summed E-state index contributed by atoms with van der Waals surface area (Å²) in [6, 6.07) is 5.22. The summed E-state index contributed by atoms with van der Waals surface area (Å²) in [6.07, 6.45) is 1.36. The highest BCUT2D eigenvalue weighted by molar-refractivity contribution is 5.40. The molecule has 0 saturated heterocycles. The Kier molecular flexibility index (Phi) is 2.58. The summed E-state index contributed by atoms with van der Waals surface area (Å²) in [5, 5.41) is 17.2. The van der Waals surface area contributed by atoms with Crippen molar-refractivity contribution in [3.05, 3.63) is 40.5 Å². The number of hydrogen-bond donors (Lipinski definition) is 0. The van der Waals surface area contributed by atoms with Crippen LogP contribution in [-0.4, -0.2) is 4.98 Å². The Morgan fingerprint density at radius 3 is 2.77 bits per heavy atom. The normalized spacial score (nSPS) is 8.08. The maximum atomic E-state index is 8.66. The fourth-order valence-electron chi connectivity index (χ4n) is 0.852. The van der Waals surface area contributed by atoms with Crippen LogP contribution >= 0.6 is 0 Å². The minimum Gasteiger partial charge on any atom is -0.310 e. The average molecular weight is 168 g/mol. The van der Waals surface area contributed by atoms with E-state index in [2.05, 4.69) is 9.83 Å². The SMILES string of the molecule is [C-]#[N+]Cc1ncc(C#N)cc1C#N. The first-order valence-electron chi connectivity index (χ1n) is 3.44. The number of pyridine rings is 1. The fraction of sp³-hybridized carbons (Fsp3) is 0.111. The Bertz CT molecular complexity index is 442. The van der Waals surface area contributed by atoms with E-state index in [1.807, 2.05) is 12.1 Å². The highest BCUT2D eigenvalue weighted by Gasteiger charge is 2.06. The Morgan fingerprint density at radius 1 is 1.46 bits per heavy atom. The van der Waals surface area contributed by atoms with Crippen molar-refractivity contribution >= 4 is 0 Å². The maximum Gasteiger partial charge on any atom is 0.257 e. The van der Waals surface area contributed by atoms with Gasteiger partial charge >= 0.3 is 0 Å². The molecule has 0 atom stereocenters. The number of aromatic nitrogens is 1. The van der Waals surface area contributed by atoms with Crippen LogP contribution in [0.15, 0.2) is 12.3 Å². The van der Waals surface area contributed by atoms with Crippen molar-refractivity contribution in [1.82, 2.24) is 4.98 Å². The van der Waals surface area contributed by atoms with Gasteiger partial charge in [0.15, 0.2) is 0 Å². The van der Waals surface area contributed by atoms with E-state index in [-0.39, 0.29) is 6.54 Å². The Labute approximate surface area is 75.5 Å². The minimum absolute atomic E-state index is 0.0780. The van der Waals surface area contributed by atoms with Crippen LogP contribution in [0.5, 0.6) is 0 Å². The van der Waals surface area contributed by atoms with Crippen molar-refractivity contribution in [2.75, 3.05) is 0 Å². The van der Waals surface area contributed by atoms with Crippen molar-refractivity contribution < 1.29 is 0 Å². The standard InChI is InChI=1S/C9H4N4/c1-12-6-9-8(4-11)2-7(3-10)5-13-9/h2,5H,6H2. The van der Waals surface area contributed by atoms with E-state index < -0.39 is 0 Å². The maximum absolute atomic E-state index is 8.66. The number of hydrogen-bond acceptors (Lipinski definition) is 3. The first-order valence-corrected chi connectivity index (χ1v) is 3.44. The van der Waals surface area contributed by atoms with Gasteiger partial charge in [0.1, 0.15) is 17.8 Å². The van der Waals surface area contributed by atoms with Gasteiger partial charge in [0.25, 0.3) is 6.54 Å². The molecule has 0 aliphatic carbocycles. The van der Waals surface area contributed by atoms with Crippen LogP contribution in [0.2, 0.25) is 0 Å². The van der Waals surface area contributed by atoms with Crippen LogP contribution in [-0.2, 0) is 6.54 Å². The molecule has 0 saturated carbocycles. The molecule has 0 aliphatic rings. The molecule has 0 N–H and O–H groups in total. The third kappa shape index (κ3) is 1.80. The monoisotopic (exact) mass is 168 g/mol. The summed E-state index contributed by atoms with van der Waals surface area (Å²) in [5.74, 6) is 0. The molecule has 60 valence electrons. The van der Waals surface area contributed by atoms with Crippen LogP contribution in [0.25, 0.3) is 4.85 Å². The van der Waals surface area contributed by atoms with Gasteiger partial charge in [-0.15, -0.1) is 0 Å². The number of rotatable bonds is 1. The molecule has 0 fully saturated rings. The van der Waals surface area contributed by atoms with E-state index in [0.717, 1.165) is 0 Å². The van der Waals surface area contributed by atoms with Gasteiger partial charge in [-0.05, 0) is 6.07 Å². The minimum atomic E-state index is 0.0780. The zero-order valence-corrected chi connectivity index (χ0v) is 6.65. The van der Waals surface area contributed by atoms with E-state index in [4.69, 9.17) is 17.1 Å². The lowest BCUT2D eigenvalue weighted by Crippen LogP contribution is -1.93. The molecule has 4 nitrogen and oxygen atoms in total. The summed E-state index contributed by atoms with van der Waals surface area (Å²) < 4.78 is 0. The van der Waals surface area contributed by atoms with Crippen LogP contribution in [0, 0.1) is 29.2 Å². The van der Waals surface area contributed by atoms with Gasteiger partial charge in [0.2, 0.25) is 0 Å². The predicted octanol–water partition coefficient (Wildman–Crippen LogP) is 1.24. The molecule has 0 aliphatic heterocycles. The van der Waals surface area contributed by atoms with E-state index in [9.17, 15) is 0 Å². The van der Waals surface area contributed by atoms with E-state index in [1.54, 1.807) is 0 Å². The average Bonchev–Trinajstić information content (AvgIpc) is 2.19. The van der Waals surface area contributed by atoms with Gasteiger partial charge < -0.3 is 4.85 Å². The van der Waals surface area contributed by atoms with Crippen molar-refractivity contribution in [3.63, 3.8) is 0 Å². The molecule has 1 heterocycles. The van der Waals surface area contributed by atoms with Gasteiger partial charge in [0.05, 0.1) is 11.1 Å². The van der Waals surface area contributed by atoms with Gasteiger partial charge in [-0.2, -0.15) is 10.5 Å². The molecule has 0 unspecified atom stereocenters. The van der Waals surface area contributed by atoms with Crippen LogP contribution in [0.1, 0.15) is 16.8 Å². The molecule has 0 aromatic carbocycles. The lowest BCUT2D eigenvalue weighted by molar-refractivity contribution is 1.08. The summed E-state index contributed by atoms with van der Waals surface area (Å²) >= 11 is 0. The van der Waals surface area contributed by atoms with Gasteiger partial charge in [-0.3, -0.25) is 4.98 Å². The molecular weight excluding hydrogens is 164 g/mol. The van der Waals surface area contributed by atoms with Crippen molar-refractivity contribution in [3.8, 4) is 12.1 Å². The summed E-state index contributed by atoms with van der Waals surface area (Å²) in [7, 11) is 0. The first kappa shape index (κ1) is 8.71. The molecule has 4 heteroatoms. The zero-order chi connectivity index (χ0) is 9.68. The van der Waals surface area contributed by atoms with Crippen LogP contribution in [0.4, 0.5) is 0 Å². The van der Waals surface area contributed by atoms with E-state index in [1.165, 1.54) is 12.3 Å². The molecule has 13 heavy (non-hydrogen) atoms. The smallest absolute Gasteiger partial charge is 0.257 e. The Hall–Kier alpha value is -2.38. The lowest BCUT2D eigenvalue weighted by atomic mass is 10.1. The summed E-state index contributed by atoms with van der Waals surface area (Å²) in [6.45, 7) is 6.70. The molecule has 0 amide bonds. The third-order valence-electron chi connectivity index (χ3n) is 1.45. The molecule has 0 radical (unpaired) electrons. The third-order valence-corrected chi connectivity index (χ3v) is 1.45. The molecular formula is C9H4N4. The second kappa shape index (κ2) is 3.85. The van der Waals surface area contributed by atoms with Crippen LogP contribution < -0.4 is 0 Å². The number of nitriles is 2. The lowest BCUT2D eigenvalue weighted by Gasteiger charge is -1.94. The predicted molar refractivity (Wildman–Crippen MR) is 44.0 cm³/mol. The molecule has 1 rings (SSSR count). The Balaban J connectivity index is 3.21. The zero-order valence-electron chi connectivity index (χ0n) is 6.65. The highest BCUT2D eigenvalue weighted by atomic mass is 14.7. The van der Waals surface area contributed by atoms with Gasteiger partial charge in [-0.1, -0.05) is 0 Å². The highest BCUT2D eigenvalue weighted by Crippen LogP contribution is 2.08. The van der Waals surface area contributed by atoms with Gasteiger partial charge in [-0.25, -0.2) is 6.57 Å². The van der Waals surface area contributed by atoms with Crippen molar-refractivity contribution in [2.45, 2.75) is 6.54 Å². The van der Waals surface area contributed by atoms with E-state index in [0.29, 0.717) is 16.8 Å². The quantitative estimate of drug-likeness (QED) is 0.592. The topological polar surface area (TPSA) is 64.8 Å². The molecule has 0 spiro atoms. The second-order valence-electron chi connectivity index (χ2n) is 2.26. The summed E-state index contributed by atoms with van der Waals surface area (Å²) in [4.78, 5) is 6.97. The van der Waals surface area contributed by atoms with E-state index >= 15 is 0 Å². The Morgan fingerprint density at radius 2 is 2.23 bits per heavy atom. The molecule has 1 aromatic heterocycles. The van der Waals surface area contributed by atoms with Crippen molar-refractivity contribution in [1.29, 1.82) is 10.5 Å². The van der Waals surface area contributed by atoms with Gasteiger partial charge in [0, 0.05) is 6.20 Å². The summed E-state index contributed by atoms with van der Waals surface area (Å²) in [5.41, 5.74) is 1.07. The van der Waals surface area contributed by atoms with Crippen LogP contribution in [0.3, 0.4) is 0 Å². The molecule has 0 bridgehead atoms. The largest absolute Gasteiger partial charge is 0.310 e. The number of nitrogens with zero attached hydrogens (tertiary/aromatic N) is 4.